The number of hydrogen-bond acceptors (Lipinski definition) is 5. The van der Waals surface area contributed by atoms with E-state index in [1.54, 1.807) is 54.6 Å². The first-order valence-electron chi connectivity index (χ1n) is 10.1. The summed E-state index contributed by atoms with van der Waals surface area (Å²) in [6, 6.07) is 21.9. The SMILES string of the molecule is O=C(COc1cccc(/C=C2\SC(=O)N(Cc3ccccc3F)C2=O)c1)Nc1ccccc1. The molecule has 33 heavy (non-hydrogen) atoms. The van der Waals surface area contributed by atoms with E-state index < -0.39 is 17.0 Å². The van der Waals surface area contributed by atoms with Gasteiger partial charge in [0.1, 0.15) is 11.6 Å². The number of thioether (sulfide) groups is 1. The van der Waals surface area contributed by atoms with Gasteiger partial charge in [0.15, 0.2) is 6.61 Å². The number of rotatable bonds is 7. The summed E-state index contributed by atoms with van der Waals surface area (Å²) in [6.45, 7) is -0.314. The second kappa shape index (κ2) is 10.1. The van der Waals surface area contributed by atoms with Crippen LogP contribution in [0.1, 0.15) is 11.1 Å². The number of carbonyl (C=O) groups is 3. The molecule has 0 atom stereocenters. The summed E-state index contributed by atoms with van der Waals surface area (Å²) in [7, 11) is 0. The summed E-state index contributed by atoms with van der Waals surface area (Å²) in [6.07, 6.45) is 1.57. The van der Waals surface area contributed by atoms with Gasteiger partial charge in [0.25, 0.3) is 17.1 Å². The zero-order valence-electron chi connectivity index (χ0n) is 17.4. The zero-order valence-corrected chi connectivity index (χ0v) is 18.2. The summed E-state index contributed by atoms with van der Waals surface area (Å²) >= 11 is 0.798. The summed E-state index contributed by atoms with van der Waals surface area (Å²) in [5.74, 6) is -0.818. The highest BCUT2D eigenvalue weighted by atomic mass is 32.2. The first-order chi connectivity index (χ1) is 16.0. The second-order valence-corrected chi connectivity index (χ2v) is 8.13. The van der Waals surface area contributed by atoms with Gasteiger partial charge in [-0.3, -0.25) is 19.3 Å². The number of imide groups is 1. The van der Waals surface area contributed by atoms with Crippen LogP contribution >= 0.6 is 11.8 Å². The molecular weight excluding hydrogens is 443 g/mol. The molecule has 0 saturated carbocycles. The van der Waals surface area contributed by atoms with Gasteiger partial charge in [0.05, 0.1) is 11.4 Å². The van der Waals surface area contributed by atoms with Gasteiger partial charge in [-0.1, -0.05) is 48.5 Å². The van der Waals surface area contributed by atoms with Gasteiger partial charge in [-0.2, -0.15) is 0 Å². The highest BCUT2D eigenvalue weighted by molar-refractivity contribution is 8.18. The lowest BCUT2D eigenvalue weighted by Crippen LogP contribution is -2.27. The Morgan fingerprint density at radius 2 is 1.76 bits per heavy atom. The van der Waals surface area contributed by atoms with Gasteiger partial charge >= 0.3 is 0 Å². The third kappa shape index (κ3) is 5.67. The molecule has 166 valence electrons. The predicted molar refractivity (Wildman–Crippen MR) is 125 cm³/mol. The van der Waals surface area contributed by atoms with Crippen LogP contribution in [0.3, 0.4) is 0 Å². The van der Waals surface area contributed by atoms with Crippen molar-refractivity contribution >= 4 is 40.6 Å². The number of halogens is 1. The molecular formula is C25H19FN2O4S. The van der Waals surface area contributed by atoms with E-state index in [-0.39, 0.29) is 29.5 Å². The van der Waals surface area contributed by atoms with E-state index in [0.29, 0.717) is 17.0 Å². The molecule has 8 heteroatoms. The molecule has 3 amide bonds. The number of nitrogens with zero attached hydrogens (tertiary/aromatic N) is 1. The number of anilines is 1. The molecule has 0 unspecified atom stereocenters. The third-order valence-corrected chi connectivity index (χ3v) is 5.65. The van der Waals surface area contributed by atoms with Crippen molar-refractivity contribution in [1.82, 2.24) is 4.90 Å². The topological polar surface area (TPSA) is 75.7 Å². The Morgan fingerprint density at radius 3 is 2.55 bits per heavy atom. The fourth-order valence-corrected chi connectivity index (χ4v) is 3.98. The molecule has 1 fully saturated rings. The van der Waals surface area contributed by atoms with E-state index in [1.165, 1.54) is 12.1 Å². The molecule has 4 rings (SSSR count). The summed E-state index contributed by atoms with van der Waals surface area (Å²) in [5.41, 5.74) is 1.57. The molecule has 0 bridgehead atoms. The van der Waals surface area contributed by atoms with Crippen LogP contribution in [0.5, 0.6) is 5.75 Å². The molecule has 3 aromatic carbocycles. The normalized spacial score (nSPS) is 14.6. The molecule has 3 aromatic rings. The fourth-order valence-electron chi connectivity index (χ4n) is 3.15. The van der Waals surface area contributed by atoms with E-state index in [4.69, 9.17) is 4.74 Å². The Balaban J connectivity index is 1.40. The van der Waals surface area contributed by atoms with Crippen LogP contribution in [0.4, 0.5) is 14.9 Å². The number of carbonyl (C=O) groups excluding carboxylic acids is 3. The van der Waals surface area contributed by atoms with Crippen molar-refractivity contribution in [2.75, 3.05) is 11.9 Å². The van der Waals surface area contributed by atoms with Crippen LogP contribution < -0.4 is 10.1 Å². The highest BCUT2D eigenvalue weighted by Gasteiger charge is 2.35. The fraction of sp³-hybridized carbons (Fsp3) is 0.0800. The average molecular weight is 463 g/mol. The molecule has 6 nitrogen and oxygen atoms in total. The minimum atomic E-state index is -0.484. The first kappa shape index (κ1) is 22.3. The standard InChI is InChI=1S/C25H19FN2O4S/c26-21-12-5-4-8-18(21)15-28-24(30)22(33-25(28)31)14-17-7-6-11-20(13-17)32-16-23(29)27-19-9-2-1-3-10-19/h1-14H,15-16H2,(H,27,29)/b22-14-. The Kier molecular flexibility index (Phi) is 6.85. The number of ether oxygens (including phenoxy) is 1. The van der Waals surface area contributed by atoms with Gasteiger partial charge in [-0.25, -0.2) is 4.39 Å². The lowest BCUT2D eigenvalue weighted by atomic mass is 10.2. The maximum atomic E-state index is 13.9. The number of hydrogen-bond donors (Lipinski definition) is 1. The molecule has 1 N–H and O–H groups in total. The molecule has 0 spiro atoms. The molecule has 0 radical (unpaired) electrons. The Bertz CT molecular complexity index is 1230. The maximum Gasteiger partial charge on any atom is 0.293 e. The summed E-state index contributed by atoms with van der Waals surface area (Å²) in [5, 5.41) is 2.27. The Labute approximate surface area is 194 Å². The smallest absolute Gasteiger partial charge is 0.293 e. The highest BCUT2D eigenvalue weighted by Crippen LogP contribution is 2.34. The van der Waals surface area contributed by atoms with Crippen LogP contribution in [0.25, 0.3) is 6.08 Å². The molecule has 1 aliphatic heterocycles. The first-order valence-corrected chi connectivity index (χ1v) is 10.9. The van der Waals surface area contributed by atoms with E-state index in [1.807, 2.05) is 18.2 Å². The number of para-hydroxylation sites is 1. The van der Waals surface area contributed by atoms with Crippen LogP contribution in [0.2, 0.25) is 0 Å². The van der Waals surface area contributed by atoms with Crippen molar-refractivity contribution < 1.29 is 23.5 Å². The summed E-state index contributed by atoms with van der Waals surface area (Å²) in [4.78, 5) is 38.4. The van der Waals surface area contributed by atoms with Crippen molar-refractivity contribution in [3.63, 3.8) is 0 Å². The number of benzene rings is 3. The second-order valence-electron chi connectivity index (χ2n) is 7.13. The van der Waals surface area contributed by atoms with Gasteiger partial charge in [-0.15, -0.1) is 0 Å². The van der Waals surface area contributed by atoms with Crippen LogP contribution in [0, 0.1) is 5.82 Å². The third-order valence-electron chi connectivity index (χ3n) is 4.74. The lowest BCUT2D eigenvalue weighted by molar-refractivity contribution is -0.123. The maximum absolute atomic E-state index is 13.9. The molecule has 1 heterocycles. The van der Waals surface area contributed by atoms with Gasteiger partial charge in [0.2, 0.25) is 0 Å². The largest absolute Gasteiger partial charge is 0.484 e. The van der Waals surface area contributed by atoms with Gasteiger partial charge in [-0.05, 0) is 53.7 Å². The van der Waals surface area contributed by atoms with Crippen molar-refractivity contribution in [3.05, 3.63) is 101 Å². The molecule has 1 saturated heterocycles. The lowest BCUT2D eigenvalue weighted by Gasteiger charge is -2.12. The Hall–Kier alpha value is -3.91. The number of nitrogens with one attached hydrogen (secondary N) is 1. The van der Waals surface area contributed by atoms with E-state index in [0.717, 1.165) is 16.7 Å². The van der Waals surface area contributed by atoms with E-state index in [9.17, 15) is 18.8 Å². The van der Waals surface area contributed by atoms with Crippen LogP contribution in [-0.4, -0.2) is 28.6 Å². The summed E-state index contributed by atoms with van der Waals surface area (Å²) < 4.78 is 19.5. The molecule has 0 aromatic heterocycles. The quantitative estimate of drug-likeness (QED) is 0.496. The molecule has 0 aliphatic carbocycles. The molecule has 1 aliphatic rings. The van der Waals surface area contributed by atoms with Crippen LogP contribution in [0.15, 0.2) is 83.8 Å². The average Bonchev–Trinajstić information content (AvgIpc) is 3.07. The van der Waals surface area contributed by atoms with Gasteiger partial charge < -0.3 is 10.1 Å². The van der Waals surface area contributed by atoms with E-state index >= 15 is 0 Å². The van der Waals surface area contributed by atoms with Crippen molar-refractivity contribution in [3.8, 4) is 5.75 Å². The Morgan fingerprint density at radius 1 is 1.00 bits per heavy atom. The monoisotopic (exact) mass is 462 g/mol. The van der Waals surface area contributed by atoms with Crippen molar-refractivity contribution in [2.24, 2.45) is 0 Å². The number of amides is 3. The van der Waals surface area contributed by atoms with E-state index in [2.05, 4.69) is 5.32 Å². The minimum absolute atomic E-state index is 0.131. The van der Waals surface area contributed by atoms with Crippen molar-refractivity contribution in [2.45, 2.75) is 6.54 Å². The predicted octanol–water partition coefficient (Wildman–Crippen LogP) is 5.08. The minimum Gasteiger partial charge on any atom is -0.484 e. The van der Waals surface area contributed by atoms with Crippen LogP contribution in [-0.2, 0) is 16.1 Å². The van der Waals surface area contributed by atoms with Crippen molar-refractivity contribution in [1.29, 1.82) is 0 Å². The van der Waals surface area contributed by atoms with Gasteiger partial charge in [0, 0.05) is 11.3 Å². The zero-order chi connectivity index (χ0) is 23.2.